The summed E-state index contributed by atoms with van der Waals surface area (Å²) in [5.74, 6) is -10.3. The van der Waals surface area contributed by atoms with Crippen molar-refractivity contribution in [3.05, 3.63) is 342 Å². The summed E-state index contributed by atoms with van der Waals surface area (Å²) in [4.78, 5) is 206. The quantitative estimate of drug-likeness (QED) is 0.0206. The topological polar surface area (TPSA) is 488 Å². The highest BCUT2D eigenvalue weighted by molar-refractivity contribution is 6.43. The van der Waals surface area contributed by atoms with Crippen LogP contribution in [-0.2, 0) is 54.5 Å². The molecule has 4 atom stereocenters. The largest absolute Gasteiger partial charge is 0.496 e. The smallest absolute Gasteiger partial charge is 0.326 e. The fraction of sp³-hybridized carbons (Fsp3) is 0.186. The van der Waals surface area contributed by atoms with Crippen LogP contribution in [0, 0.1) is 12.3 Å². The van der Waals surface area contributed by atoms with Gasteiger partial charge in [-0.2, -0.15) is 5.21 Å². The second-order valence-electron chi connectivity index (χ2n) is 33.3. The van der Waals surface area contributed by atoms with Crippen LogP contribution >= 0.6 is 92.8 Å². The number of hydrogen-bond acceptors (Lipinski definition) is 21. The van der Waals surface area contributed by atoms with Gasteiger partial charge in [-0.05, 0) is 193 Å². The predicted molar refractivity (Wildman–Crippen MR) is 533 cm³/mol. The number of aryl methyl sites for hydroxylation is 1. The first-order chi connectivity index (χ1) is 68.8. The van der Waals surface area contributed by atoms with E-state index in [1.807, 2.05) is 0 Å². The summed E-state index contributed by atoms with van der Waals surface area (Å²) in [5, 5.41) is 62.4. The molecule has 1 saturated heterocycles. The zero-order valence-electron chi connectivity index (χ0n) is 75.7. The Balaban J connectivity index is 0.000000152. The summed E-state index contributed by atoms with van der Waals surface area (Å²) >= 11 is 48.8. The highest BCUT2D eigenvalue weighted by Crippen LogP contribution is 2.48. The molecular weight excluding hydrogens is 2030 g/mol. The number of nitrogens with one attached hydrogen (secondary N) is 5. The van der Waals surface area contributed by atoms with Crippen molar-refractivity contribution in [2.24, 2.45) is 5.41 Å². The van der Waals surface area contributed by atoms with E-state index in [-0.39, 0.29) is 133 Å². The maximum Gasteiger partial charge on any atom is 0.326 e. The van der Waals surface area contributed by atoms with E-state index in [1.54, 1.807) is 172 Å². The normalized spacial score (nSPS) is 14.5. The molecule has 42 heteroatoms. The number of benzene rings is 11. The lowest BCUT2D eigenvalue weighted by Gasteiger charge is -2.37. The van der Waals surface area contributed by atoms with Gasteiger partial charge in [0.05, 0.1) is 132 Å². The summed E-state index contributed by atoms with van der Waals surface area (Å²) in [7, 11) is 1.42. The Morgan fingerprint density at radius 1 is 0.382 bits per heavy atom. The number of hydrogen-bond donors (Lipinski definition) is 9. The summed E-state index contributed by atoms with van der Waals surface area (Å²) in [6, 6.07) is 51.5. The average Bonchev–Trinajstić information content (AvgIpc) is 1.60. The number of methoxy groups -OCH3 is 1. The number of rotatable bonds is 28. The lowest BCUT2D eigenvalue weighted by molar-refractivity contribution is -0.140. The lowest BCUT2D eigenvalue weighted by Crippen LogP contribution is -2.47. The minimum absolute atomic E-state index is 0.00553. The van der Waals surface area contributed by atoms with Crippen LogP contribution < -0.4 is 50.3 Å². The van der Waals surface area contributed by atoms with Crippen LogP contribution in [0.15, 0.2) is 218 Å². The van der Waals surface area contributed by atoms with Crippen LogP contribution in [0.1, 0.15) is 177 Å². The number of imide groups is 4. The summed E-state index contributed by atoms with van der Waals surface area (Å²) in [5.41, 5.74) is 6.14. The Bertz CT molecular complexity index is 7090. The van der Waals surface area contributed by atoms with Gasteiger partial charge >= 0.3 is 23.9 Å². The fourth-order valence-electron chi connectivity index (χ4n) is 17.0. The molecule has 736 valence electrons. The Morgan fingerprint density at radius 2 is 0.674 bits per heavy atom. The molecule has 12 amide bonds. The standard InChI is InChI=1S/C26H18Cl2N6O5.C26H20Cl2N2O6.C25H18Cl2N2O6.C25H24Cl2N2O5/c1-12-3-2-4-16-20(12)25(37)34(24(16)36)15-7-5-13(6-8-15)9-19(26(38)39)29-23(35)21-17(27)10-14(11-18(21)28)22-30-32-33-31-22;1-2-36-20-8-3-5-16-21(20)25(33)30(24(16)32)15-11-9-14(10-12-15)13-19(26(34)35)29-23(31)22-17(27)6-4-7-18(22)28;1-35-19-7-2-4-15-20(19)24(32)29(23(15)31)14-10-8-13(9-11-14)12-18(25(33)34)28-22(30)21-16(26)5-3-6-17(21)27;26-17-4-3-5-18(27)22(17)23(32)28-19(24(33)34)12-15-6-8-16(9-7-15)29-20(30)13-25(14-21(29)31)10-1-2-11-25/h2-8,10-11,19H,9H2,1H3,(H,29,35)(H,38,39)(H,30,31,32,33);3-12,19H,2,13H2,1H3,(H,29,31)(H,34,35);2-11,18H,12H2,1H3,(H,28,30)(H,33,34);3-9,19H,1-2,10-14H2,(H,28,32)(H,33,34)/t2*19-;18-;19-/m0000/s1. The molecule has 17 rings (SSSR count). The molecule has 1 aromatic heterocycles. The van der Waals surface area contributed by atoms with Gasteiger partial charge in [-0.25, -0.2) is 33.9 Å². The predicted octanol–water partition coefficient (Wildman–Crippen LogP) is 17.2. The number of tetrazole rings is 1. The minimum atomic E-state index is -1.32. The fourth-order valence-corrected chi connectivity index (χ4v) is 19.4. The van der Waals surface area contributed by atoms with Crippen molar-refractivity contribution < 1.29 is 107 Å². The Kier molecular flexibility index (Phi) is 32.9. The highest BCUT2D eigenvalue weighted by Gasteiger charge is 2.47. The summed E-state index contributed by atoms with van der Waals surface area (Å²) in [6.07, 6.45) is 4.49. The first kappa shape index (κ1) is 105. The van der Waals surface area contributed by atoms with Gasteiger partial charge in [-0.3, -0.25) is 62.4 Å². The molecule has 5 aliphatic rings. The zero-order valence-corrected chi connectivity index (χ0v) is 81.7. The molecule has 0 radical (unpaired) electrons. The lowest BCUT2D eigenvalue weighted by atomic mass is 9.76. The molecule has 9 N–H and O–H groups in total. The number of aromatic nitrogens is 4. The highest BCUT2D eigenvalue weighted by atomic mass is 35.5. The van der Waals surface area contributed by atoms with Crippen molar-refractivity contribution in [1.29, 1.82) is 0 Å². The van der Waals surface area contributed by atoms with E-state index in [2.05, 4.69) is 41.9 Å². The summed E-state index contributed by atoms with van der Waals surface area (Å²) < 4.78 is 10.7. The Hall–Kier alpha value is -15.3. The van der Waals surface area contributed by atoms with Gasteiger partial charge in [0, 0.05) is 44.1 Å². The Labute approximate surface area is 858 Å². The average molecular weight is 2110 g/mol. The molecular formula is C102H80Cl8N12O22. The third kappa shape index (κ3) is 22.9. The second kappa shape index (κ2) is 45.3. The van der Waals surface area contributed by atoms with Crippen LogP contribution in [0.5, 0.6) is 11.5 Å². The summed E-state index contributed by atoms with van der Waals surface area (Å²) in [6.45, 7) is 3.89. The first-order valence-corrected chi connectivity index (χ1v) is 46.9. The van der Waals surface area contributed by atoms with Crippen LogP contribution in [0.4, 0.5) is 22.7 Å². The van der Waals surface area contributed by atoms with Gasteiger partial charge in [-0.1, -0.05) is 197 Å². The van der Waals surface area contributed by atoms with Crippen LogP contribution in [0.3, 0.4) is 0 Å². The van der Waals surface area contributed by atoms with Gasteiger partial charge < -0.3 is 51.2 Å². The number of anilines is 4. The maximum atomic E-state index is 13.0. The van der Waals surface area contributed by atoms with Crippen molar-refractivity contribution in [3.8, 4) is 22.9 Å². The number of H-pyrrole nitrogens is 1. The number of amides is 12. The maximum absolute atomic E-state index is 13.0. The molecule has 1 aliphatic carbocycles. The number of nitrogens with zero attached hydrogens (tertiary/aromatic N) is 7. The molecule has 5 heterocycles. The molecule has 12 aromatic rings. The molecule has 1 saturated carbocycles. The minimum Gasteiger partial charge on any atom is -0.496 e. The number of carboxylic acids is 4. The van der Waals surface area contributed by atoms with Gasteiger partial charge in [0.1, 0.15) is 35.7 Å². The Morgan fingerprint density at radius 3 is 0.979 bits per heavy atom. The zero-order chi connectivity index (χ0) is 104. The van der Waals surface area contributed by atoms with E-state index < -0.39 is 107 Å². The van der Waals surface area contributed by atoms with Crippen LogP contribution in [-0.4, -0.2) is 174 Å². The van der Waals surface area contributed by atoms with Crippen LogP contribution in [0.2, 0.25) is 40.2 Å². The van der Waals surface area contributed by atoms with Gasteiger partial charge in [0.2, 0.25) is 17.6 Å². The number of fused-ring (bicyclic) bond motifs is 3. The number of aliphatic carboxylic acids is 4. The number of carbonyl (C=O) groups excluding carboxylic acids is 12. The monoisotopic (exact) mass is 2100 g/mol. The molecule has 34 nitrogen and oxygen atoms in total. The van der Waals surface area contributed by atoms with E-state index in [9.17, 15) is 97.1 Å². The van der Waals surface area contributed by atoms with E-state index in [4.69, 9.17) is 102 Å². The number of ether oxygens (including phenoxy) is 2. The molecule has 4 aliphatic heterocycles. The third-order valence-corrected chi connectivity index (χ3v) is 26.5. The third-order valence-electron chi connectivity index (χ3n) is 24.0. The molecule has 1 spiro atoms. The number of piperidine rings is 1. The van der Waals surface area contributed by atoms with Crippen molar-refractivity contribution in [3.63, 3.8) is 0 Å². The van der Waals surface area contributed by atoms with E-state index >= 15 is 0 Å². The second-order valence-corrected chi connectivity index (χ2v) is 36.6. The number of aromatic amines is 1. The molecule has 2 fully saturated rings. The van der Waals surface area contributed by atoms with Crippen molar-refractivity contribution in [2.45, 2.75) is 102 Å². The van der Waals surface area contributed by atoms with Crippen molar-refractivity contribution >= 4 is 210 Å². The molecule has 0 unspecified atom stereocenters. The van der Waals surface area contributed by atoms with Crippen molar-refractivity contribution in [2.75, 3.05) is 33.3 Å². The first-order valence-electron chi connectivity index (χ1n) is 43.9. The van der Waals surface area contributed by atoms with Gasteiger partial charge in [-0.15, -0.1) is 10.2 Å². The molecule has 0 bridgehead atoms. The van der Waals surface area contributed by atoms with E-state index in [0.29, 0.717) is 98.2 Å². The number of carbonyl (C=O) groups is 16. The van der Waals surface area contributed by atoms with E-state index in [1.165, 1.54) is 72.7 Å². The molecule has 11 aromatic carbocycles. The number of carboxylic acid groups (broad SMARTS) is 4. The van der Waals surface area contributed by atoms with E-state index in [0.717, 1.165) is 40.4 Å². The SMILES string of the molecule is CCOc1cccc2c1C(=O)N(c1ccc(C[C@H](NC(=O)c3c(Cl)cccc3Cl)C(=O)O)cc1)C2=O.COc1cccc2c1C(=O)N(c1ccc(C[C@H](NC(=O)c3c(Cl)cccc3Cl)C(=O)O)cc1)C2=O.Cc1cccc2c1C(=O)N(c1ccc(C[C@H](NC(=O)c3c(Cl)cc(-c4nn[nH]n4)cc3Cl)C(=O)O)cc1)C2=O.O=C(N[C@@H](Cc1ccc(N2C(=O)CC3(CCCC3)CC2=O)cc1)C(=O)O)c1c(Cl)cccc1Cl. The van der Waals surface area contributed by atoms with Crippen LogP contribution in [0.25, 0.3) is 11.4 Å². The van der Waals surface area contributed by atoms with Gasteiger partial charge in [0.25, 0.3) is 59.1 Å². The van der Waals surface area contributed by atoms with Gasteiger partial charge in [0.15, 0.2) is 0 Å². The molecule has 144 heavy (non-hydrogen) atoms. The number of halogens is 8. The van der Waals surface area contributed by atoms with Crippen molar-refractivity contribution in [1.82, 2.24) is 41.9 Å².